The molecule has 0 amide bonds. The van der Waals surface area contributed by atoms with Gasteiger partial charge in [0.1, 0.15) is 5.75 Å². The number of benzene rings is 1. The Bertz CT molecular complexity index is 490. The molecule has 2 aromatic rings. The second-order valence-corrected chi connectivity index (χ2v) is 3.92. The number of phenolic OH excluding ortho intramolecular Hbond substituents is 1. The van der Waals surface area contributed by atoms with Gasteiger partial charge in [0, 0.05) is 17.0 Å². The third kappa shape index (κ3) is 1.95. The van der Waals surface area contributed by atoms with Gasteiger partial charge in [0.25, 0.3) is 0 Å². The van der Waals surface area contributed by atoms with E-state index in [0.29, 0.717) is 0 Å². The number of furan rings is 1. The van der Waals surface area contributed by atoms with Gasteiger partial charge in [-0.3, -0.25) is 0 Å². The Morgan fingerprint density at radius 2 is 1.47 bits per heavy atom. The fourth-order valence-electron chi connectivity index (χ4n) is 1.94. The van der Waals surface area contributed by atoms with Crippen molar-refractivity contribution in [2.75, 3.05) is 0 Å². The lowest BCUT2D eigenvalue weighted by Gasteiger charge is -2.08. The molecule has 2 heteroatoms. The molecular weight excluding hydrogens is 212 g/mol. The average Bonchev–Trinajstić information content (AvgIpc) is 3.00. The number of aromatic hydroxyl groups is 1. The van der Waals surface area contributed by atoms with Crippen LogP contribution in [0.3, 0.4) is 0 Å². The molecule has 1 N–H and O–H groups in total. The molecule has 0 spiro atoms. The number of phenols is 1. The van der Waals surface area contributed by atoms with Crippen LogP contribution in [0.5, 0.6) is 5.75 Å². The maximum absolute atomic E-state index is 9.28. The van der Waals surface area contributed by atoms with Crippen LogP contribution >= 0.6 is 0 Å². The predicted octanol–water partition coefficient (Wildman–Crippen LogP) is 3.41. The Kier molecular flexibility index (Phi) is 2.63. The van der Waals surface area contributed by atoms with Crippen molar-refractivity contribution in [3.63, 3.8) is 0 Å². The Balaban J connectivity index is 1.97. The minimum absolute atomic E-state index is 0.270. The van der Waals surface area contributed by atoms with E-state index in [4.69, 9.17) is 4.42 Å². The second-order valence-electron chi connectivity index (χ2n) is 3.92. The number of rotatable bonds is 2. The molecule has 0 atom stereocenters. The Labute approximate surface area is 101 Å². The smallest absolute Gasteiger partial charge is 0.115 e. The van der Waals surface area contributed by atoms with E-state index in [1.807, 2.05) is 25.0 Å². The van der Waals surface area contributed by atoms with Crippen LogP contribution in [0.25, 0.3) is 11.1 Å². The van der Waals surface area contributed by atoms with Gasteiger partial charge in [0.05, 0.1) is 12.5 Å². The minimum Gasteiger partial charge on any atom is -0.508 e. The summed E-state index contributed by atoms with van der Waals surface area (Å²) in [6, 6.07) is 7.12. The largest absolute Gasteiger partial charge is 0.508 e. The minimum atomic E-state index is 0.270. The van der Waals surface area contributed by atoms with Gasteiger partial charge in [-0.2, -0.15) is 0 Å². The molecule has 0 unspecified atom stereocenters. The van der Waals surface area contributed by atoms with Gasteiger partial charge in [0.15, 0.2) is 0 Å². The van der Waals surface area contributed by atoms with Crippen LogP contribution in [0.2, 0.25) is 0 Å². The fraction of sp³-hybridized carbons (Fsp3) is 0. The summed E-state index contributed by atoms with van der Waals surface area (Å²) in [6.45, 7) is 0. The maximum atomic E-state index is 9.28. The summed E-state index contributed by atoms with van der Waals surface area (Å²) in [6.07, 6.45) is 11.6. The quantitative estimate of drug-likeness (QED) is 0.846. The summed E-state index contributed by atoms with van der Waals surface area (Å²) in [5.41, 5.74) is 3.14. The average molecular weight is 223 g/mol. The molecular formula is C15H11O2. The predicted molar refractivity (Wildman–Crippen MR) is 65.4 cm³/mol. The van der Waals surface area contributed by atoms with Gasteiger partial charge in [0.2, 0.25) is 0 Å². The van der Waals surface area contributed by atoms with E-state index >= 15 is 0 Å². The summed E-state index contributed by atoms with van der Waals surface area (Å²) in [7, 11) is 0. The zero-order valence-electron chi connectivity index (χ0n) is 9.13. The van der Waals surface area contributed by atoms with Crippen LogP contribution in [0, 0.1) is 31.6 Å². The lowest BCUT2D eigenvalue weighted by atomic mass is 9.93. The molecule has 3 rings (SSSR count). The van der Waals surface area contributed by atoms with Crippen molar-refractivity contribution in [3.8, 4) is 16.9 Å². The lowest BCUT2D eigenvalue weighted by molar-refractivity contribution is 0.475. The van der Waals surface area contributed by atoms with Crippen molar-refractivity contribution < 1.29 is 9.52 Å². The van der Waals surface area contributed by atoms with Crippen molar-refractivity contribution in [3.05, 3.63) is 74.0 Å². The lowest BCUT2D eigenvalue weighted by Crippen LogP contribution is -1.94. The van der Waals surface area contributed by atoms with Crippen molar-refractivity contribution in [2.45, 2.75) is 0 Å². The molecule has 1 fully saturated rings. The van der Waals surface area contributed by atoms with Crippen molar-refractivity contribution in [1.29, 1.82) is 0 Å². The van der Waals surface area contributed by atoms with Gasteiger partial charge >= 0.3 is 0 Å². The summed E-state index contributed by atoms with van der Waals surface area (Å²) >= 11 is 0. The first-order chi connectivity index (χ1) is 8.34. The van der Waals surface area contributed by atoms with E-state index in [2.05, 4.69) is 12.8 Å². The van der Waals surface area contributed by atoms with E-state index in [0.717, 1.165) is 22.6 Å². The van der Waals surface area contributed by atoms with Gasteiger partial charge in [-0.15, -0.1) is 0 Å². The van der Waals surface area contributed by atoms with Crippen LogP contribution in [-0.2, 0) is 0 Å². The topological polar surface area (TPSA) is 33.4 Å². The van der Waals surface area contributed by atoms with Gasteiger partial charge in [-0.25, -0.2) is 0 Å². The number of hydrogen-bond acceptors (Lipinski definition) is 2. The summed E-state index contributed by atoms with van der Waals surface area (Å²) in [5.74, 6) is 1.41. The number of hydrogen-bond donors (Lipinski definition) is 1. The highest BCUT2D eigenvalue weighted by atomic mass is 16.3. The van der Waals surface area contributed by atoms with Gasteiger partial charge < -0.3 is 9.52 Å². The highest BCUT2D eigenvalue weighted by molar-refractivity contribution is 5.72. The third-order valence-electron chi connectivity index (χ3n) is 2.81. The standard InChI is InChI=1S/C15H11O2/c16-13-7-5-12(6-8-13)15-10-17-9-14(15)11-3-1-2-4-11/h1-10,16H. The molecule has 1 saturated carbocycles. The van der Waals surface area contributed by atoms with Crippen LogP contribution in [-0.4, -0.2) is 5.11 Å². The van der Waals surface area contributed by atoms with Crippen LogP contribution < -0.4 is 0 Å². The Morgan fingerprint density at radius 3 is 2.18 bits per heavy atom. The molecule has 5 radical (unpaired) electrons. The normalized spacial score (nSPS) is 16.5. The monoisotopic (exact) mass is 223 g/mol. The van der Waals surface area contributed by atoms with Crippen molar-refractivity contribution in [1.82, 2.24) is 0 Å². The Hall–Kier alpha value is -1.70. The molecule has 17 heavy (non-hydrogen) atoms. The van der Waals surface area contributed by atoms with E-state index in [1.165, 1.54) is 0 Å². The van der Waals surface area contributed by atoms with Crippen LogP contribution in [0.1, 0.15) is 5.56 Å². The SMILES string of the molecule is Oc1ccc(-c2cocc2[C]2[CH][CH][CH][CH]2)cc1. The zero-order chi connectivity index (χ0) is 11.7. The molecule has 83 valence electrons. The van der Waals surface area contributed by atoms with Crippen molar-refractivity contribution >= 4 is 0 Å². The second kappa shape index (κ2) is 4.28. The Morgan fingerprint density at radius 1 is 0.824 bits per heavy atom. The summed E-state index contributed by atoms with van der Waals surface area (Å²) in [4.78, 5) is 0. The first-order valence-electron chi connectivity index (χ1n) is 5.42. The summed E-state index contributed by atoms with van der Waals surface area (Å²) in [5, 5.41) is 9.28. The molecule has 1 aromatic carbocycles. The molecule has 0 aliphatic heterocycles. The molecule has 1 aliphatic rings. The summed E-state index contributed by atoms with van der Waals surface area (Å²) < 4.78 is 5.29. The fourth-order valence-corrected chi connectivity index (χ4v) is 1.94. The van der Waals surface area contributed by atoms with E-state index < -0.39 is 0 Å². The van der Waals surface area contributed by atoms with E-state index in [9.17, 15) is 5.11 Å². The maximum Gasteiger partial charge on any atom is 0.115 e. The highest BCUT2D eigenvalue weighted by Gasteiger charge is 2.23. The molecule has 0 saturated heterocycles. The first-order valence-corrected chi connectivity index (χ1v) is 5.42. The third-order valence-corrected chi connectivity index (χ3v) is 2.81. The molecule has 2 nitrogen and oxygen atoms in total. The van der Waals surface area contributed by atoms with Crippen molar-refractivity contribution in [2.24, 2.45) is 0 Å². The van der Waals surface area contributed by atoms with Crippen LogP contribution in [0.15, 0.2) is 41.2 Å². The van der Waals surface area contributed by atoms with E-state index in [-0.39, 0.29) is 5.75 Å². The van der Waals surface area contributed by atoms with Gasteiger partial charge in [-0.05, 0) is 43.4 Å². The highest BCUT2D eigenvalue weighted by Crippen LogP contribution is 2.37. The molecule has 1 aromatic heterocycles. The zero-order valence-corrected chi connectivity index (χ0v) is 9.13. The van der Waals surface area contributed by atoms with E-state index in [1.54, 1.807) is 24.7 Å². The molecule has 0 bridgehead atoms. The van der Waals surface area contributed by atoms with Gasteiger partial charge in [-0.1, -0.05) is 12.1 Å². The molecule has 1 heterocycles. The van der Waals surface area contributed by atoms with Crippen LogP contribution in [0.4, 0.5) is 0 Å². The first kappa shape index (κ1) is 10.5. The molecule has 1 aliphatic carbocycles.